The molecule has 4 aromatic rings. The number of hydrogen-bond donors (Lipinski definition) is 3. The molecule has 0 radical (unpaired) electrons. The fraction of sp³-hybridized carbons (Fsp3) is 0.0385. The number of rotatable bonds is 7. The second kappa shape index (κ2) is 10.6. The van der Waals surface area contributed by atoms with E-state index in [-0.39, 0.29) is 5.69 Å². The van der Waals surface area contributed by atoms with Gasteiger partial charge >= 0.3 is 0 Å². The lowest BCUT2D eigenvalue weighted by Gasteiger charge is -2.18. The van der Waals surface area contributed by atoms with E-state index >= 15 is 0 Å². The Morgan fingerprint density at radius 1 is 0.882 bits per heavy atom. The molecular weight excluding hydrogens is 430 g/mol. The van der Waals surface area contributed by atoms with Crippen LogP contribution in [0.1, 0.15) is 27.7 Å². The molecule has 0 saturated carbocycles. The highest BCUT2D eigenvalue weighted by atomic mass is 16.2. The minimum Gasteiger partial charge on any atom is -0.335 e. The van der Waals surface area contributed by atoms with E-state index in [9.17, 15) is 14.4 Å². The Kier molecular flexibility index (Phi) is 7.00. The summed E-state index contributed by atoms with van der Waals surface area (Å²) in [6, 6.07) is 23.7. The SMILES string of the molecule is O=C(N[C@@H](C(=O)N/N=C/C=C\c1ccccc1)c1n[nH]c(=O)c2ccccc12)c1ccccc1. The summed E-state index contributed by atoms with van der Waals surface area (Å²) < 4.78 is 0. The highest BCUT2D eigenvalue weighted by Crippen LogP contribution is 2.20. The number of hydrazone groups is 1. The first-order valence-corrected chi connectivity index (χ1v) is 10.5. The molecule has 34 heavy (non-hydrogen) atoms. The minimum atomic E-state index is -1.20. The fourth-order valence-corrected chi connectivity index (χ4v) is 3.34. The molecule has 3 N–H and O–H groups in total. The maximum Gasteiger partial charge on any atom is 0.272 e. The van der Waals surface area contributed by atoms with E-state index < -0.39 is 23.4 Å². The third-order valence-corrected chi connectivity index (χ3v) is 5.00. The van der Waals surface area contributed by atoms with Crippen LogP contribution in [0, 0.1) is 0 Å². The predicted molar refractivity (Wildman–Crippen MR) is 131 cm³/mol. The van der Waals surface area contributed by atoms with E-state index in [2.05, 4.69) is 26.0 Å². The number of amides is 2. The molecule has 2 amide bonds. The van der Waals surface area contributed by atoms with Crippen molar-refractivity contribution in [1.29, 1.82) is 0 Å². The lowest BCUT2D eigenvalue weighted by molar-refractivity contribution is -0.123. The molecule has 8 nitrogen and oxygen atoms in total. The van der Waals surface area contributed by atoms with Crippen LogP contribution in [0.3, 0.4) is 0 Å². The van der Waals surface area contributed by atoms with Crippen LogP contribution >= 0.6 is 0 Å². The van der Waals surface area contributed by atoms with Crippen molar-refractivity contribution < 1.29 is 9.59 Å². The molecule has 0 aliphatic heterocycles. The number of aromatic amines is 1. The van der Waals surface area contributed by atoms with Crippen LogP contribution in [0.4, 0.5) is 0 Å². The second-order valence-corrected chi connectivity index (χ2v) is 7.28. The summed E-state index contributed by atoms with van der Waals surface area (Å²) in [6.07, 6.45) is 4.95. The number of allylic oxidation sites excluding steroid dienone is 1. The first kappa shape index (κ1) is 22.3. The smallest absolute Gasteiger partial charge is 0.272 e. The molecule has 0 aliphatic rings. The first-order chi connectivity index (χ1) is 16.6. The third-order valence-electron chi connectivity index (χ3n) is 5.00. The lowest BCUT2D eigenvalue weighted by Crippen LogP contribution is -2.40. The molecule has 0 fully saturated rings. The summed E-state index contributed by atoms with van der Waals surface area (Å²) in [6.45, 7) is 0. The predicted octanol–water partition coefficient (Wildman–Crippen LogP) is 3.21. The van der Waals surface area contributed by atoms with Gasteiger partial charge in [0.2, 0.25) is 0 Å². The summed E-state index contributed by atoms with van der Waals surface area (Å²) in [4.78, 5) is 38.1. The van der Waals surface area contributed by atoms with E-state index in [4.69, 9.17) is 0 Å². The van der Waals surface area contributed by atoms with Crippen LogP contribution in [0.5, 0.6) is 0 Å². The van der Waals surface area contributed by atoms with Crippen molar-refractivity contribution in [2.45, 2.75) is 6.04 Å². The van der Waals surface area contributed by atoms with Crippen LogP contribution < -0.4 is 16.3 Å². The van der Waals surface area contributed by atoms with Crippen LogP contribution in [0.2, 0.25) is 0 Å². The quantitative estimate of drug-likeness (QED) is 0.295. The first-order valence-electron chi connectivity index (χ1n) is 10.5. The minimum absolute atomic E-state index is 0.201. The van der Waals surface area contributed by atoms with Crippen molar-refractivity contribution in [2.75, 3.05) is 0 Å². The Balaban J connectivity index is 1.60. The van der Waals surface area contributed by atoms with Crippen molar-refractivity contribution in [3.63, 3.8) is 0 Å². The van der Waals surface area contributed by atoms with E-state index in [1.54, 1.807) is 60.7 Å². The zero-order valence-corrected chi connectivity index (χ0v) is 18.0. The van der Waals surface area contributed by atoms with E-state index in [0.717, 1.165) is 5.56 Å². The van der Waals surface area contributed by atoms with Gasteiger partial charge < -0.3 is 5.32 Å². The highest BCUT2D eigenvalue weighted by Gasteiger charge is 2.27. The Hall–Kier alpha value is -4.85. The molecule has 0 spiro atoms. The molecule has 1 atom stereocenters. The Morgan fingerprint density at radius 2 is 1.53 bits per heavy atom. The van der Waals surface area contributed by atoms with Gasteiger partial charge in [-0.1, -0.05) is 72.8 Å². The molecule has 3 aromatic carbocycles. The van der Waals surface area contributed by atoms with Gasteiger partial charge in [-0.2, -0.15) is 10.2 Å². The summed E-state index contributed by atoms with van der Waals surface area (Å²) in [7, 11) is 0. The van der Waals surface area contributed by atoms with Crippen molar-refractivity contribution in [3.8, 4) is 0 Å². The molecule has 0 aliphatic carbocycles. The van der Waals surface area contributed by atoms with E-state index in [1.807, 2.05) is 36.4 Å². The van der Waals surface area contributed by atoms with Gasteiger partial charge in [-0.3, -0.25) is 14.4 Å². The highest BCUT2D eigenvalue weighted by molar-refractivity contribution is 5.99. The molecule has 0 unspecified atom stereocenters. The Labute approximate surface area is 195 Å². The maximum atomic E-state index is 13.1. The van der Waals surface area contributed by atoms with Crippen molar-refractivity contribution in [3.05, 3.63) is 118 Å². The summed E-state index contributed by atoms with van der Waals surface area (Å²) in [5, 5.41) is 13.9. The Bertz CT molecular complexity index is 1410. The molecular formula is C26H21N5O3. The van der Waals surface area contributed by atoms with Crippen LogP contribution in [0.25, 0.3) is 16.8 Å². The number of fused-ring (bicyclic) bond motifs is 1. The molecule has 4 rings (SSSR count). The molecule has 0 saturated heterocycles. The van der Waals surface area contributed by atoms with Gasteiger partial charge in [0.25, 0.3) is 17.4 Å². The van der Waals surface area contributed by atoms with Crippen LogP contribution in [-0.4, -0.2) is 28.2 Å². The lowest BCUT2D eigenvalue weighted by atomic mass is 10.0. The molecule has 0 bridgehead atoms. The number of carbonyl (C=O) groups is 2. The van der Waals surface area contributed by atoms with E-state index in [0.29, 0.717) is 16.3 Å². The molecule has 8 heteroatoms. The zero-order valence-electron chi connectivity index (χ0n) is 18.0. The van der Waals surface area contributed by atoms with Gasteiger partial charge in [-0.25, -0.2) is 10.5 Å². The van der Waals surface area contributed by atoms with E-state index in [1.165, 1.54) is 6.21 Å². The number of hydrogen-bond acceptors (Lipinski definition) is 5. The number of nitrogens with one attached hydrogen (secondary N) is 3. The molecule has 1 aromatic heterocycles. The number of aromatic nitrogens is 2. The summed E-state index contributed by atoms with van der Waals surface area (Å²) in [5.41, 5.74) is 3.61. The fourth-order valence-electron chi connectivity index (χ4n) is 3.34. The molecule has 168 valence electrons. The maximum absolute atomic E-state index is 13.1. The standard InChI is InChI=1S/C26H21N5O3/c32-24(19-13-5-2-6-14-19)28-23(22-20-15-7-8-16-21(20)25(33)31-29-22)26(34)30-27-17-9-12-18-10-3-1-4-11-18/h1-17,23H,(H,28,32)(H,30,34)(H,31,33)/b12-9-,27-17+/t23-/m1/s1. The number of nitrogens with zero attached hydrogens (tertiary/aromatic N) is 2. The molecule has 1 heterocycles. The monoisotopic (exact) mass is 451 g/mol. The van der Waals surface area contributed by atoms with Gasteiger partial charge in [0.15, 0.2) is 6.04 Å². The van der Waals surface area contributed by atoms with Gasteiger partial charge in [-0.15, -0.1) is 0 Å². The number of carbonyl (C=O) groups excluding carboxylic acids is 2. The van der Waals surface area contributed by atoms with Crippen molar-refractivity contribution >= 4 is 34.9 Å². The average molecular weight is 451 g/mol. The van der Waals surface area contributed by atoms with Crippen molar-refractivity contribution in [2.24, 2.45) is 5.10 Å². The van der Waals surface area contributed by atoms with Gasteiger partial charge in [0.1, 0.15) is 5.69 Å². The Morgan fingerprint density at radius 3 is 2.26 bits per heavy atom. The van der Waals surface area contributed by atoms with Gasteiger partial charge in [0.05, 0.1) is 5.39 Å². The third kappa shape index (κ3) is 5.31. The average Bonchev–Trinajstić information content (AvgIpc) is 2.88. The topological polar surface area (TPSA) is 116 Å². The van der Waals surface area contributed by atoms with Crippen LogP contribution in [-0.2, 0) is 4.79 Å². The van der Waals surface area contributed by atoms with Gasteiger partial charge in [0, 0.05) is 17.2 Å². The van der Waals surface area contributed by atoms with Crippen LogP contribution in [0.15, 0.2) is 101 Å². The summed E-state index contributed by atoms with van der Waals surface area (Å²) in [5.74, 6) is -1.08. The van der Waals surface area contributed by atoms with Crippen molar-refractivity contribution in [1.82, 2.24) is 20.9 Å². The second-order valence-electron chi connectivity index (χ2n) is 7.28. The van der Waals surface area contributed by atoms with Gasteiger partial charge in [-0.05, 0) is 29.8 Å². The number of H-pyrrole nitrogens is 1. The summed E-state index contributed by atoms with van der Waals surface area (Å²) >= 11 is 0. The zero-order chi connectivity index (χ0) is 23.8. The normalized spacial score (nSPS) is 12.1. The largest absolute Gasteiger partial charge is 0.335 e. The number of benzene rings is 3.